The van der Waals surface area contributed by atoms with E-state index in [0.717, 1.165) is 43.6 Å². The molecule has 4 aliphatic rings. The minimum absolute atomic E-state index is 0.106. The van der Waals surface area contributed by atoms with Gasteiger partial charge in [-0.2, -0.15) is 0 Å². The van der Waals surface area contributed by atoms with Gasteiger partial charge in [-0.05, 0) is 93.0 Å². The Labute approximate surface area is 146 Å². The minimum atomic E-state index is -0.133. The van der Waals surface area contributed by atoms with Crippen LogP contribution in [-0.2, 0) is 4.79 Å². The van der Waals surface area contributed by atoms with E-state index in [1.807, 2.05) is 0 Å². The van der Waals surface area contributed by atoms with E-state index in [4.69, 9.17) is 0 Å². The van der Waals surface area contributed by atoms with Gasteiger partial charge in [0, 0.05) is 0 Å². The fraction of sp³-hybridized carbons (Fsp3) is 0.773. The average molecular weight is 328 g/mol. The molecule has 2 fully saturated rings. The Morgan fingerprint density at radius 1 is 1.12 bits per heavy atom. The topological polar surface area (TPSA) is 37.3 Å². The molecule has 4 rings (SSSR count). The highest BCUT2D eigenvalue weighted by Gasteiger charge is 2.57. The van der Waals surface area contributed by atoms with Crippen LogP contribution in [-0.4, -0.2) is 17.0 Å². The molecule has 0 radical (unpaired) electrons. The zero-order valence-electron chi connectivity index (χ0n) is 15.7. The zero-order valence-corrected chi connectivity index (χ0v) is 15.7. The smallest absolute Gasteiger partial charge is 0.156 e. The second-order valence-electron chi connectivity index (χ2n) is 9.52. The Hall–Kier alpha value is -0.890. The number of fused-ring (bicyclic) bond motifs is 5. The number of allylic oxidation sites excluding steroid dienone is 3. The van der Waals surface area contributed by atoms with Gasteiger partial charge in [0.25, 0.3) is 0 Å². The van der Waals surface area contributed by atoms with Crippen molar-refractivity contribution in [3.05, 3.63) is 22.8 Å². The number of ketones is 1. The summed E-state index contributed by atoms with van der Waals surface area (Å²) in [5.41, 5.74) is 4.62. The van der Waals surface area contributed by atoms with Gasteiger partial charge in [-0.3, -0.25) is 4.79 Å². The van der Waals surface area contributed by atoms with Crippen molar-refractivity contribution in [2.24, 2.45) is 28.6 Å². The van der Waals surface area contributed by atoms with E-state index in [-0.39, 0.29) is 22.7 Å². The molecule has 6 atom stereocenters. The molecule has 0 spiro atoms. The van der Waals surface area contributed by atoms with Gasteiger partial charge in [0.1, 0.15) is 0 Å². The SMILES string of the molecule is CC(=O)C1=CC[C@H]2[C@@H]3CC(C)=C4C[C@@H](O)CC[C@]4(C)[C@H]3CC[C@]12C. The van der Waals surface area contributed by atoms with Crippen LogP contribution in [0.3, 0.4) is 0 Å². The molecule has 1 N–H and O–H groups in total. The quantitative estimate of drug-likeness (QED) is 0.700. The van der Waals surface area contributed by atoms with Crippen LogP contribution in [0.25, 0.3) is 0 Å². The van der Waals surface area contributed by atoms with Crippen LogP contribution >= 0.6 is 0 Å². The van der Waals surface area contributed by atoms with Gasteiger partial charge < -0.3 is 5.11 Å². The fourth-order valence-corrected chi connectivity index (χ4v) is 7.21. The molecule has 24 heavy (non-hydrogen) atoms. The van der Waals surface area contributed by atoms with Gasteiger partial charge >= 0.3 is 0 Å². The Morgan fingerprint density at radius 2 is 1.83 bits per heavy atom. The summed E-state index contributed by atoms with van der Waals surface area (Å²) in [5.74, 6) is 2.37. The second-order valence-corrected chi connectivity index (χ2v) is 9.52. The van der Waals surface area contributed by atoms with E-state index < -0.39 is 0 Å². The summed E-state index contributed by atoms with van der Waals surface area (Å²) in [6, 6.07) is 0. The monoisotopic (exact) mass is 328 g/mol. The first-order valence-electron chi connectivity index (χ1n) is 9.86. The number of carbonyl (C=O) groups excluding carboxylic acids is 1. The second kappa shape index (κ2) is 5.30. The van der Waals surface area contributed by atoms with Crippen molar-refractivity contribution in [3.63, 3.8) is 0 Å². The van der Waals surface area contributed by atoms with Crippen molar-refractivity contribution in [3.8, 4) is 0 Å². The summed E-state index contributed by atoms with van der Waals surface area (Å²) in [5, 5.41) is 10.2. The Bertz CT molecular complexity index is 642. The number of hydrogen-bond acceptors (Lipinski definition) is 2. The maximum absolute atomic E-state index is 12.2. The van der Waals surface area contributed by atoms with Crippen molar-refractivity contribution >= 4 is 5.78 Å². The summed E-state index contributed by atoms with van der Waals surface area (Å²) >= 11 is 0. The van der Waals surface area contributed by atoms with Gasteiger partial charge in [-0.25, -0.2) is 0 Å². The maximum atomic E-state index is 12.2. The van der Waals surface area contributed by atoms with Gasteiger partial charge in [0.05, 0.1) is 6.10 Å². The van der Waals surface area contributed by atoms with Crippen LogP contribution in [0, 0.1) is 28.6 Å². The van der Waals surface area contributed by atoms with E-state index in [0.29, 0.717) is 11.8 Å². The molecule has 0 heterocycles. The lowest BCUT2D eigenvalue weighted by Crippen LogP contribution is -2.51. The van der Waals surface area contributed by atoms with E-state index in [1.54, 1.807) is 12.5 Å². The highest BCUT2D eigenvalue weighted by molar-refractivity contribution is 5.95. The molecule has 0 aromatic heterocycles. The predicted octanol–water partition coefficient (Wildman–Crippen LogP) is 4.83. The lowest BCUT2D eigenvalue weighted by molar-refractivity contribution is -0.115. The molecular formula is C22H32O2. The van der Waals surface area contributed by atoms with Gasteiger partial charge in [-0.15, -0.1) is 0 Å². The van der Waals surface area contributed by atoms with E-state index in [9.17, 15) is 9.90 Å². The number of aliphatic hydroxyl groups excluding tert-OH is 1. The Kier molecular flexibility index (Phi) is 3.66. The fourth-order valence-electron chi connectivity index (χ4n) is 7.21. The normalized spacial score (nSPS) is 47.6. The standard InChI is InChI=1S/C22H32O2/c1-13-11-16-18-6-5-17(14(2)23)21(18,3)10-8-19(16)22(4)9-7-15(24)12-20(13)22/h5,15-16,18-19,24H,6-12H2,1-4H3/t15-,16-,18-,19-,21+,22+/m0/s1. The third kappa shape index (κ3) is 2.08. The Balaban J connectivity index is 1.71. The summed E-state index contributed by atoms with van der Waals surface area (Å²) < 4.78 is 0. The molecule has 0 aliphatic heterocycles. The molecule has 0 bridgehead atoms. The maximum Gasteiger partial charge on any atom is 0.156 e. The number of Topliss-reactive ketones (excluding diaryl/α,β-unsaturated/α-hetero) is 1. The molecule has 0 amide bonds. The number of rotatable bonds is 1. The predicted molar refractivity (Wildman–Crippen MR) is 96.5 cm³/mol. The van der Waals surface area contributed by atoms with Crippen molar-refractivity contribution in [2.45, 2.75) is 78.7 Å². The minimum Gasteiger partial charge on any atom is -0.393 e. The lowest BCUT2D eigenvalue weighted by Gasteiger charge is -2.58. The van der Waals surface area contributed by atoms with Gasteiger partial charge in [-0.1, -0.05) is 31.1 Å². The molecule has 4 aliphatic carbocycles. The van der Waals surface area contributed by atoms with E-state index in [2.05, 4.69) is 26.8 Å². The van der Waals surface area contributed by atoms with Crippen LogP contribution in [0.4, 0.5) is 0 Å². The van der Waals surface area contributed by atoms with Crippen molar-refractivity contribution in [2.75, 3.05) is 0 Å². The summed E-state index contributed by atoms with van der Waals surface area (Å²) in [4.78, 5) is 12.2. The van der Waals surface area contributed by atoms with Crippen molar-refractivity contribution in [1.29, 1.82) is 0 Å². The van der Waals surface area contributed by atoms with Crippen LogP contribution in [0.1, 0.15) is 72.6 Å². The molecule has 132 valence electrons. The molecule has 0 aromatic carbocycles. The molecule has 2 heteroatoms. The van der Waals surface area contributed by atoms with Crippen LogP contribution in [0.15, 0.2) is 22.8 Å². The first-order chi connectivity index (χ1) is 11.3. The van der Waals surface area contributed by atoms with Crippen molar-refractivity contribution in [1.82, 2.24) is 0 Å². The molecule has 2 saturated carbocycles. The summed E-state index contributed by atoms with van der Waals surface area (Å²) in [6.07, 6.45) is 9.79. The van der Waals surface area contributed by atoms with Crippen LogP contribution in [0.5, 0.6) is 0 Å². The highest BCUT2D eigenvalue weighted by atomic mass is 16.3. The molecular weight excluding hydrogens is 296 g/mol. The molecule has 0 unspecified atom stereocenters. The highest BCUT2D eigenvalue weighted by Crippen LogP contribution is 2.66. The van der Waals surface area contributed by atoms with Crippen LogP contribution < -0.4 is 0 Å². The first-order valence-corrected chi connectivity index (χ1v) is 9.86. The Morgan fingerprint density at radius 3 is 2.54 bits per heavy atom. The molecule has 0 aromatic rings. The molecule has 2 nitrogen and oxygen atoms in total. The van der Waals surface area contributed by atoms with Gasteiger partial charge in [0.2, 0.25) is 0 Å². The molecule has 0 saturated heterocycles. The summed E-state index contributed by atoms with van der Waals surface area (Å²) in [6.45, 7) is 8.89. The van der Waals surface area contributed by atoms with E-state index in [1.165, 1.54) is 18.4 Å². The third-order valence-corrected chi connectivity index (χ3v) is 8.40. The lowest BCUT2D eigenvalue weighted by atomic mass is 9.46. The summed E-state index contributed by atoms with van der Waals surface area (Å²) in [7, 11) is 0. The number of hydrogen-bond donors (Lipinski definition) is 1. The number of aliphatic hydroxyl groups is 1. The third-order valence-electron chi connectivity index (χ3n) is 8.40. The van der Waals surface area contributed by atoms with Crippen molar-refractivity contribution < 1.29 is 9.90 Å². The largest absolute Gasteiger partial charge is 0.393 e. The number of carbonyl (C=O) groups is 1. The van der Waals surface area contributed by atoms with E-state index >= 15 is 0 Å². The average Bonchev–Trinajstić information content (AvgIpc) is 2.87. The van der Waals surface area contributed by atoms with Gasteiger partial charge in [0.15, 0.2) is 5.78 Å². The first kappa shape index (κ1) is 16.6. The van der Waals surface area contributed by atoms with Crippen LogP contribution in [0.2, 0.25) is 0 Å². The zero-order chi connectivity index (χ0) is 17.3.